The minimum absolute atomic E-state index is 0.0000930. The van der Waals surface area contributed by atoms with Crippen molar-refractivity contribution in [3.63, 3.8) is 0 Å². The number of nitrogens with zero attached hydrogens (tertiary/aromatic N) is 2. The van der Waals surface area contributed by atoms with Crippen molar-refractivity contribution >= 4 is 35.0 Å². The van der Waals surface area contributed by atoms with Crippen molar-refractivity contribution in [2.45, 2.75) is 51.9 Å². The summed E-state index contributed by atoms with van der Waals surface area (Å²) < 4.78 is 16.0. The van der Waals surface area contributed by atoms with E-state index in [2.05, 4.69) is 0 Å². The van der Waals surface area contributed by atoms with E-state index >= 15 is 0 Å². The van der Waals surface area contributed by atoms with E-state index in [0.29, 0.717) is 0 Å². The molecule has 0 aromatic carbocycles. The van der Waals surface area contributed by atoms with Crippen molar-refractivity contribution < 1.29 is 48.1 Å². The van der Waals surface area contributed by atoms with Gasteiger partial charge in [0.05, 0.1) is 20.3 Å². The maximum Gasteiger partial charge on any atom is 0.333 e. The first-order valence-electron chi connectivity index (χ1n) is 13.2. The van der Waals surface area contributed by atoms with Crippen molar-refractivity contribution in [1.82, 2.24) is 9.80 Å². The second-order valence-electron chi connectivity index (χ2n) is 10.6. The molecule has 0 unspecified atom stereocenters. The van der Waals surface area contributed by atoms with Crippen molar-refractivity contribution in [2.24, 2.45) is 0 Å². The van der Waals surface area contributed by atoms with Crippen LogP contribution < -0.4 is 0 Å². The van der Waals surface area contributed by atoms with Gasteiger partial charge in [-0.3, -0.25) is 28.9 Å². The summed E-state index contributed by atoms with van der Waals surface area (Å²) >= 11 is 0. The first kappa shape index (κ1) is 29.1. The van der Waals surface area contributed by atoms with Gasteiger partial charge in [-0.05, 0) is 40.8 Å². The molecule has 0 aromatic rings. The van der Waals surface area contributed by atoms with Gasteiger partial charge in [-0.15, -0.1) is 0 Å². The Balaban J connectivity index is 1.75. The summed E-state index contributed by atoms with van der Waals surface area (Å²) in [4.78, 5) is 83.9. The summed E-state index contributed by atoms with van der Waals surface area (Å²) in [6.07, 6.45) is 1.20. The lowest BCUT2D eigenvalue weighted by molar-refractivity contribution is -0.152. The number of hydrogen-bond donors (Lipinski definition) is 1. The molecule has 2 aliphatic carbocycles. The minimum atomic E-state index is -1.69. The van der Waals surface area contributed by atoms with Crippen LogP contribution in [-0.4, -0.2) is 102 Å². The van der Waals surface area contributed by atoms with E-state index in [9.17, 15) is 33.9 Å². The molecular formula is C30H30N2O10. The molecule has 2 bridgehead atoms. The first-order chi connectivity index (χ1) is 19.8. The third-order valence-electron chi connectivity index (χ3n) is 8.57. The maximum atomic E-state index is 14.2. The number of hydrogen-bond acceptors (Lipinski definition) is 11. The van der Waals surface area contributed by atoms with Gasteiger partial charge >= 0.3 is 5.97 Å². The number of likely N-dealkylation sites (N-methyl/N-ethyl adjacent to an activating group) is 1. The van der Waals surface area contributed by atoms with Crippen LogP contribution in [0.2, 0.25) is 0 Å². The smallest absolute Gasteiger partial charge is 0.333 e. The van der Waals surface area contributed by atoms with Gasteiger partial charge in [-0.2, -0.15) is 0 Å². The second kappa shape index (κ2) is 10.1. The van der Waals surface area contributed by atoms with Gasteiger partial charge in [0.2, 0.25) is 17.5 Å². The normalized spacial score (nSPS) is 28.2. The number of esters is 1. The molecule has 4 atom stereocenters. The SMILES string of the molecule is C/C=C(/C)C(=O)OC[C@H]1C2=C(C=C3[C@@H]4C5=C(C(=O)C(C)=C(OC)C5=O)[C@H](O)[C@@H](C(=O)N31)N4C)C(=O)C(C)=C(OC)C2=O. The average molecular weight is 579 g/mol. The summed E-state index contributed by atoms with van der Waals surface area (Å²) in [6.45, 7) is 5.51. The summed E-state index contributed by atoms with van der Waals surface area (Å²) in [5, 5.41) is 11.4. The minimum Gasteiger partial charge on any atom is -0.492 e. The molecule has 42 heavy (non-hydrogen) atoms. The Labute approximate surface area is 241 Å². The Kier molecular flexibility index (Phi) is 7.02. The highest BCUT2D eigenvalue weighted by Gasteiger charge is 2.60. The van der Waals surface area contributed by atoms with Crippen LogP contribution in [0.4, 0.5) is 0 Å². The summed E-state index contributed by atoms with van der Waals surface area (Å²) in [5.74, 6) is -4.30. The Bertz CT molecular complexity index is 1600. The van der Waals surface area contributed by atoms with Crippen LogP contribution in [0.3, 0.4) is 0 Å². The van der Waals surface area contributed by atoms with E-state index in [-0.39, 0.29) is 56.2 Å². The average Bonchev–Trinajstić information content (AvgIpc) is 2.96. The summed E-state index contributed by atoms with van der Waals surface area (Å²) in [7, 11) is 4.01. The second-order valence-corrected chi connectivity index (χ2v) is 10.6. The first-order valence-corrected chi connectivity index (χ1v) is 13.2. The zero-order valence-electron chi connectivity index (χ0n) is 24.2. The van der Waals surface area contributed by atoms with Crippen LogP contribution in [0.25, 0.3) is 0 Å². The quantitative estimate of drug-likeness (QED) is 0.273. The van der Waals surface area contributed by atoms with Crippen LogP contribution in [0, 0.1) is 0 Å². The van der Waals surface area contributed by atoms with E-state index in [1.807, 2.05) is 0 Å². The topological polar surface area (TPSA) is 157 Å². The monoisotopic (exact) mass is 578 g/mol. The molecule has 3 aliphatic heterocycles. The third kappa shape index (κ3) is 3.75. The van der Waals surface area contributed by atoms with Gasteiger partial charge < -0.3 is 24.2 Å². The molecule has 5 rings (SSSR count). The number of aliphatic hydroxyl groups is 1. The highest BCUT2D eigenvalue weighted by atomic mass is 16.5. The zero-order chi connectivity index (χ0) is 30.9. The molecule has 220 valence electrons. The van der Waals surface area contributed by atoms with E-state index in [1.54, 1.807) is 6.92 Å². The Hall–Kier alpha value is -4.42. The number of Topliss-reactive ketones (excluding diaryl/α,β-unsaturated/α-hetero) is 4. The number of ether oxygens (including phenoxy) is 3. The Morgan fingerprint density at radius 3 is 2.07 bits per heavy atom. The molecule has 0 aromatic heterocycles. The van der Waals surface area contributed by atoms with Crippen LogP contribution in [0.5, 0.6) is 0 Å². The highest BCUT2D eigenvalue weighted by molar-refractivity contribution is 6.28. The number of carbonyl (C=O) groups is 6. The number of methoxy groups -OCH3 is 2. The summed E-state index contributed by atoms with van der Waals surface area (Å²) in [6, 6.07) is -3.70. The number of rotatable bonds is 5. The molecule has 0 saturated carbocycles. The third-order valence-corrected chi connectivity index (χ3v) is 8.57. The van der Waals surface area contributed by atoms with Gasteiger partial charge in [0.15, 0.2) is 23.1 Å². The molecule has 1 fully saturated rings. The van der Waals surface area contributed by atoms with Crippen molar-refractivity contribution in [3.05, 3.63) is 68.4 Å². The highest BCUT2D eigenvalue weighted by Crippen LogP contribution is 2.47. The lowest BCUT2D eigenvalue weighted by Crippen LogP contribution is -2.70. The molecule has 5 aliphatic rings. The van der Waals surface area contributed by atoms with Crippen LogP contribution in [-0.2, 0) is 43.0 Å². The molecule has 12 nitrogen and oxygen atoms in total. The van der Waals surface area contributed by atoms with Gasteiger partial charge in [-0.1, -0.05) is 6.08 Å². The van der Waals surface area contributed by atoms with Crippen LogP contribution in [0.15, 0.2) is 68.4 Å². The van der Waals surface area contributed by atoms with E-state index < -0.39 is 65.8 Å². The molecule has 0 radical (unpaired) electrons. The Morgan fingerprint density at radius 2 is 1.50 bits per heavy atom. The fraction of sp³-hybridized carbons (Fsp3) is 0.400. The predicted molar refractivity (Wildman–Crippen MR) is 144 cm³/mol. The lowest BCUT2D eigenvalue weighted by atomic mass is 9.71. The van der Waals surface area contributed by atoms with Crippen LogP contribution in [0.1, 0.15) is 27.7 Å². The molecule has 1 saturated heterocycles. The van der Waals surface area contributed by atoms with Crippen molar-refractivity contribution in [2.75, 3.05) is 27.9 Å². The number of piperazine rings is 1. The maximum absolute atomic E-state index is 14.2. The standard InChI is InChI=1S/C30H30N2O10/c1-8-11(2)30(39)42-10-16-17-14(22(33)12(3)27(40-6)25(17)36)9-15-20-18-19(23(34)13(4)28(41-7)26(18)37)24(35)21(31(20)5)29(38)32(15)16/h8-9,16,20-21,24,35H,10H2,1-7H3/b11-8-/t16-,20+,21-,24-/m0/s1. The van der Waals surface area contributed by atoms with E-state index in [4.69, 9.17) is 14.2 Å². The van der Waals surface area contributed by atoms with Gasteiger partial charge in [-0.25, -0.2) is 4.79 Å². The molecule has 3 heterocycles. The van der Waals surface area contributed by atoms with Gasteiger partial charge in [0, 0.05) is 44.7 Å². The van der Waals surface area contributed by atoms with E-state index in [0.717, 1.165) is 0 Å². The van der Waals surface area contributed by atoms with Gasteiger partial charge in [0.25, 0.3) is 0 Å². The summed E-state index contributed by atoms with van der Waals surface area (Å²) in [5.41, 5.74) is -0.0275. The fourth-order valence-corrected chi connectivity index (χ4v) is 6.33. The number of carbonyl (C=O) groups excluding carboxylic acids is 6. The number of allylic oxidation sites excluding steroid dienone is 7. The van der Waals surface area contributed by atoms with Gasteiger partial charge in [0.1, 0.15) is 24.8 Å². The van der Waals surface area contributed by atoms with E-state index in [1.165, 1.54) is 64.0 Å². The molecule has 1 N–H and O–H groups in total. The number of fused-ring (bicyclic) bond motifs is 5. The lowest BCUT2D eigenvalue weighted by Gasteiger charge is -2.55. The zero-order valence-corrected chi connectivity index (χ0v) is 24.2. The largest absolute Gasteiger partial charge is 0.492 e. The Morgan fingerprint density at radius 1 is 0.929 bits per heavy atom. The predicted octanol–water partition coefficient (Wildman–Crippen LogP) is 0.385. The number of amides is 1. The van der Waals surface area contributed by atoms with Crippen molar-refractivity contribution in [1.29, 1.82) is 0 Å². The molecule has 0 spiro atoms. The molecular weight excluding hydrogens is 548 g/mol. The molecule has 1 amide bonds. The van der Waals surface area contributed by atoms with Crippen molar-refractivity contribution in [3.8, 4) is 0 Å². The molecule has 12 heteroatoms. The van der Waals surface area contributed by atoms with Crippen LogP contribution >= 0.6 is 0 Å². The number of aliphatic hydroxyl groups excluding tert-OH is 1. The number of ketones is 4. The fourth-order valence-electron chi connectivity index (χ4n) is 6.33.